The summed E-state index contributed by atoms with van der Waals surface area (Å²) in [5.74, 6) is 1.75. The van der Waals surface area contributed by atoms with E-state index in [2.05, 4.69) is 53.1 Å². The number of sulfone groups is 1. The lowest BCUT2D eigenvalue weighted by Crippen LogP contribution is -2.40. The van der Waals surface area contributed by atoms with Crippen LogP contribution >= 0.6 is 0 Å². The van der Waals surface area contributed by atoms with E-state index in [0.717, 1.165) is 88.1 Å². The molecule has 0 saturated carbocycles. The van der Waals surface area contributed by atoms with E-state index in [1.165, 1.54) is 43.4 Å². The number of piperidine rings is 2. The van der Waals surface area contributed by atoms with Crippen molar-refractivity contribution in [3.8, 4) is 17.2 Å². The molecule has 0 amide bonds. The van der Waals surface area contributed by atoms with Crippen molar-refractivity contribution in [1.82, 2.24) is 14.7 Å². The van der Waals surface area contributed by atoms with Crippen molar-refractivity contribution < 1.29 is 23.4 Å². The van der Waals surface area contributed by atoms with Crippen molar-refractivity contribution in [1.29, 1.82) is 0 Å². The highest BCUT2D eigenvalue weighted by atomic mass is 32.2. The third kappa shape index (κ3) is 8.53. The highest BCUT2D eigenvalue weighted by Crippen LogP contribution is 2.34. The monoisotopic (exact) mass is 621 g/mol. The second-order valence-electron chi connectivity index (χ2n) is 12.7. The van der Waals surface area contributed by atoms with E-state index in [-0.39, 0.29) is 15.5 Å². The number of phenolic OH excluding ortho intramolecular Hbond substituents is 2. The Morgan fingerprint density at radius 1 is 0.727 bits per heavy atom. The van der Waals surface area contributed by atoms with E-state index < -0.39 is 15.6 Å². The number of hydrogen-bond donors (Lipinski definition) is 2. The van der Waals surface area contributed by atoms with Gasteiger partial charge in [0, 0.05) is 25.7 Å². The summed E-state index contributed by atoms with van der Waals surface area (Å²) in [6.07, 6.45) is 6.01. The molecule has 44 heavy (non-hydrogen) atoms. The largest absolute Gasteiger partial charge is 0.504 e. The van der Waals surface area contributed by atoms with Gasteiger partial charge < -0.3 is 19.8 Å². The molecule has 2 fully saturated rings. The van der Waals surface area contributed by atoms with E-state index in [1.807, 2.05) is 12.1 Å². The first-order valence-electron chi connectivity index (χ1n) is 15.8. The van der Waals surface area contributed by atoms with E-state index in [0.29, 0.717) is 0 Å². The number of benzene rings is 3. The van der Waals surface area contributed by atoms with Gasteiger partial charge in [-0.25, -0.2) is 8.42 Å². The Labute approximate surface area is 262 Å². The minimum Gasteiger partial charge on any atom is -0.504 e. The summed E-state index contributed by atoms with van der Waals surface area (Å²) in [5.41, 5.74) is 2.44. The average Bonchev–Trinajstić information content (AvgIpc) is 3.02. The van der Waals surface area contributed by atoms with Crippen LogP contribution in [0.2, 0.25) is 0 Å². The second-order valence-corrected chi connectivity index (χ2v) is 14.6. The zero-order valence-electron chi connectivity index (χ0n) is 26.1. The summed E-state index contributed by atoms with van der Waals surface area (Å²) in [6, 6.07) is 19.2. The third-order valence-corrected chi connectivity index (χ3v) is 10.9. The molecule has 3 aromatic carbocycles. The third-order valence-electron chi connectivity index (χ3n) is 9.18. The maximum absolute atomic E-state index is 13.0. The lowest BCUT2D eigenvalue weighted by Gasteiger charge is -2.40. The molecule has 238 valence electrons. The normalized spacial score (nSPS) is 17.7. The molecule has 2 heterocycles. The highest BCUT2D eigenvalue weighted by Gasteiger charge is 2.29. The van der Waals surface area contributed by atoms with Gasteiger partial charge in [0.15, 0.2) is 11.5 Å². The van der Waals surface area contributed by atoms with Crippen molar-refractivity contribution in [2.75, 3.05) is 53.4 Å². The van der Waals surface area contributed by atoms with Crippen LogP contribution in [0.5, 0.6) is 17.2 Å². The maximum Gasteiger partial charge on any atom is 0.206 e. The summed E-state index contributed by atoms with van der Waals surface area (Å²) in [5, 5.41) is 19.2. The Morgan fingerprint density at radius 2 is 1.23 bits per heavy atom. The molecule has 0 aromatic heterocycles. The smallest absolute Gasteiger partial charge is 0.206 e. The topological polar surface area (TPSA) is 93.6 Å². The standard InChI is InChI=1S/C35H47N3O5S/c1-36(2)18-3-23-43-31-8-4-27(5-9-31)25-37-19-14-29(15-20-37)30-16-21-38(22-17-30)26-28-6-10-32(11-7-28)44(41,42)33-12-13-34(39)35(40)24-33/h4-13,24,29-30,39-40H,3,14-23,25-26H2,1-2H3. The predicted molar refractivity (Wildman–Crippen MR) is 173 cm³/mol. The fourth-order valence-corrected chi connectivity index (χ4v) is 7.80. The molecule has 0 bridgehead atoms. The van der Waals surface area contributed by atoms with Crippen LogP contribution in [0.4, 0.5) is 0 Å². The van der Waals surface area contributed by atoms with Gasteiger partial charge in [-0.15, -0.1) is 0 Å². The van der Waals surface area contributed by atoms with Crippen molar-refractivity contribution >= 4 is 9.84 Å². The van der Waals surface area contributed by atoms with Crippen molar-refractivity contribution in [3.63, 3.8) is 0 Å². The first kappa shape index (κ1) is 32.3. The summed E-state index contributed by atoms with van der Waals surface area (Å²) < 4.78 is 31.8. The zero-order chi connectivity index (χ0) is 31.1. The van der Waals surface area contributed by atoms with E-state index >= 15 is 0 Å². The zero-order valence-corrected chi connectivity index (χ0v) is 26.9. The molecule has 2 N–H and O–H groups in total. The molecule has 0 aliphatic carbocycles. The van der Waals surface area contributed by atoms with Gasteiger partial charge in [0.25, 0.3) is 0 Å². The summed E-state index contributed by atoms with van der Waals surface area (Å²) in [4.78, 5) is 7.37. The average molecular weight is 622 g/mol. The Morgan fingerprint density at radius 3 is 1.73 bits per heavy atom. The molecule has 2 aliphatic rings. The maximum atomic E-state index is 13.0. The molecule has 0 spiro atoms. The van der Waals surface area contributed by atoms with Crippen LogP contribution in [0, 0.1) is 11.8 Å². The van der Waals surface area contributed by atoms with Gasteiger partial charge in [-0.05, 0) is 132 Å². The van der Waals surface area contributed by atoms with Crippen LogP contribution in [-0.2, 0) is 22.9 Å². The Hall–Kier alpha value is -3.11. The van der Waals surface area contributed by atoms with Crippen LogP contribution in [0.1, 0.15) is 43.2 Å². The quantitative estimate of drug-likeness (QED) is 0.206. The predicted octanol–water partition coefficient (Wildman–Crippen LogP) is 5.39. The molecular weight excluding hydrogens is 574 g/mol. The Balaban J connectivity index is 1.02. The summed E-state index contributed by atoms with van der Waals surface area (Å²) in [6.45, 7) is 8.06. The van der Waals surface area contributed by atoms with Gasteiger partial charge in [0.1, 0.15) is 5.75 Å². The van der Waals surface area contributed by atoms with Crippen molar-refractivity contribution in [3.05, 3.63) is 77.9 Å². The van der Waals surface area contributed by atoms with E-state index in [1.54, 1.807) is 12.1 Å². The van der Waals surface area contributed by atoms with Crippen LogP contribution < -0.4 is 4.74 Å². The van der Waals surface area contributed by atoms with Gasteiger partial charge in [0.05, 0.1) is 16.4 Å². The van der Waals surface area contributed by atoms with Gasteiger partial charge in [-0.1, -0.05) is 24.3 Å². The molecule has 5 rings (SSSR count). The van der Waals surface area contributed by atoms with E-state index in [4.69, 9.17) is 4.74 Å². The summed E-state index contributed by atoms with van der Waals surface area (Å²) in [7, 11) is 0.396. The molecule has 0 unspecified atom stereocenters. The molecule has 2 saturated heterocycles. The Bertz CT molecular complexity index is 1440. The minimum atomic E-state index is -3.77. The van der Waals surface area contributed by atoms with Gasteiger partial charge in [-0.3, -0.25) is 9.80 Å². The lowest BCUT2D eigenvalue weighted by atomic mass is 9.78. The van der Waals surface area contributed by atoms with Crippen LogP contribution in [-0.4, -0.2) is 86.8 Å². The fraction of sp³-hybridized carbons (Fsp3) is 0.486. The number of hydrogen-bond acceptors (Lipinski definition) is 8. The molecule has 8 nitrogen and oxygen atoms in total. The number of ether oxygens (including phenoxy) is 1. The number of rotatable bonds is 12. The van der Waals surface area contributed by atoms with Crippen molar-refractivity contribution in [2.24, 2.45) is 11.8 Å². The molecule has 3 aromatic rings. The number of nitrogens with zero attached hydrogens (tertiary/aromatic N) is 3. The van der Waals surface area contributed by atoms with Gasteiger partial charge >= 0.3 is 0 Å². The first-order chi connectivity index (χ1) is 21.2. The van der Waals surface area contributed by atoms with Crippen molar-refractivity contribution in [2.45, 2.75) is 55.0 Å². The van der Waals surface area contributed by atoms with Gasteiger partial charge in [0.2, 0.25) is 9.84 Å². The van der Waals surface area contributed by atoms with Crippen LogP contribution in [0.3, 0.4) is 0 Å². The number of aromatic hydroxyl groups is 2. The van der Waals surface area contributed by atoms with E-state index in [9.17, 15) is 18.6 Å². The second kappa shape index (κ2) is 14.8. The highest BCUT2D eigenvalue weighted by molar-refractivity contribution is 7.91. The van der Waals surface area contributed by atoms with Crippen LogP contribution in [0.25, 0.3) is 0 Å². The molecule has 2 aliphatic heterocycles. The lowest BCUT2D eigenvalue weighted by molar-refractivity contribution is 0.0909. The van der Waals surface area contributed by atoms with Crippen LogP contribution in [0.15, 0.2) is 76.5 Å². The molecular formula is C35H47N3O5S. The Kier molecular flexibility index (Phi) is 10.8. The molecule has 0 atom stereocenters. The SMILES string of the molecule is CN(C)CCCOc1ccc(CN2CCC(C3CCN(Cc4ccc(S(=O)(=O)c5ccc(O)c(O)c5)cc4)CC3)CC2)cc1. The summed E-state index contributed by atoms with van der Waals surface area (Å²) >= 11 is 0. The molecule has 9 heteroatoms. The first-order valence-corrected chi connectivity index (χ1v) is 17.3. The fourth-order valence-electron chi connectivity index (χ4n) is 6.52. The number of phenols is 2. The number of likely N-dealkylation sites (tertiary alicyclic amines) is 2. The van der Waals surface area contributed by atoms with Gasteiger partial charge in [-0.2, -0.15) is 0 Å². The molecule has 0 radical (unpaired) electrons. The minimum absolute atomic E-state index is 0.0423.